The van der Waals surface area contributed by atoms with E-state index in [1.165, 1.54) is 24.5 Å². The summed E-state index contributed by atoms with van der Waals surface area (Å²) >= 11 is 0. The zero-order valence-corrected chi connectivity index (χ0v) is 17.7. The molecule has 174 valence electrons. The Hall–Kier alpha value is -3.21. The smallest absolute Gasteiger partial charge is 0.275 e. The Bertz CT molecular complexity index is 1130. The van der Waals surface area contributed by atoms with Gasteiger partial charge in [-0.1, -0.05) is 0 Å². The molecule has 1 aromatic carbocycles. The average molecular weight is 462 g/mol. The van der Waals surface area contributed by atoms with Crippen molar-refractivity contribution in [1.82, 2.24) is 9.97 Å². The van der Waals surface area contributed by atoms with Crippen molar-refractivity contribution < 1.29 is 32.2 Å². The second-order valence-corrected chi connectivity index (χ2v) is 8.57. The standard InChI is InChI=1S/C22H21F3N4O4/c1-13-29-22(12-31-10-21(22,25)11-32-13)15-6-14(2-3-16(15)23)28-19(30)17-7-27-18(8-26-17)33-9-20(24)4-5-20/h2-3,6-8H,4-5,9-12H2,1H3,(H,28,30)/t21-,22-/m1/s1. The number of ether oxygens (including phenoxy) is 3. The van der Waals surface area contributed by atoms with Crippen LogP contribution < -0.4 is 10.1 Å². The minimum absolute atomic E-state index is 0.0308. The Balaban J connectivity index is 1.35. The predicted octanol–water partition coefficient (Wildman–Crippen LogP) is 3.13. The van der Waals surface area contributed by atoms with Crippen LogP contribution in [0.2, 0.25) is 0 Å². The number of carbonyl (C=O) groups is 1. The van der Waals surface area contributed by atoms with Gasteiger partial charge in [-0.05, 0) is 31.0 Å². The van der Waals surface area contributed by atoms with Crippen molar-refractivity contribution in [3.05, 3.63) is 47.7 Å². The van der Waals surface area contributed by atoms with Gasteiger partial charge in [-0.2, -0.15) is 0 Å². The molecule has 33 heavy (non-hydrogen) atoms. The average Bonchev–Trinajstić information content (AvgIpc) is 3.44. The molecule has 0 bridgehead atoms. The molecule has 3 heterocycles. The number of anilines is 1. The summed E-state index contributed by atoms with van der Waals surface area (Å²) in [4.78, 5) is 24.8. The highest BCUT2D eigenvalue weighted by atomic mass is 19.2. The lowest BCUT2D eigenvalue weighted by molar-refractivity contribution is 0.00964. The van der Waals surface area contributed by atoms with Crippen molar-refractivity contribution in [3.8, 4) is 5.88 Å². The molecule has 2 aromatic rings. The minimum Gasteiger partial charge on any atom is -0.478 e. The molecule has 1 amide bonds. The summed E-state index contributed by atoms with van der Waals surface area (Å²) < 4.78 is 59.9. The van der Waals surface area contributed by atoms with Gasteiger partial charge in [0.1, 0.15) is 30.4 Å². The molecular formula is C22H21F3N4O4. The van der Waals surface area contributed by atoms with Crippen LogP contribution in [0.5, 0.6) is 5.88 Å². The van der Waals surface area contributed by atoms with Crippen molar-refractivity contribution in [1.29, 1.82) is 0 Å². The number of carbonyl (C=O) groups excluding carboxylic acids is 1. The number of hydrogen-bond donors (Lipinski definition) is 1. The highest BCUT2D eigenvalue weighted by molar-refractivity contribution is 6.02. The summed E-state index contributed by atoms with van der Waals surface area (Å²) in [5.74, 6) is -0.969. The maximum Gasteiger partial charge on any atom is 0.275 e. The van der Waals surface area contributed by atoms with Gasteiger partial charge in [0, 0.05) is 18.2 Å². The monoisotopic (exact) mass is 462 g/mol. The lowest BCUT2D eigenvalue weighted by Crippen LogP contribution is -2.53. The van der Waals surface area contributed by atoms with Crippen molar-refractivity contribution in [3.63, 3.8) is 0 Å². The van der Waals surface area contributed by atoms with E-state index in [9.17, 15) is 13.6 Å². The highest BCUT2D eigenvalue weighted by Crippen LogP contribution is 2.48. The second kappa shape index (κ2) is 7.68. The van der Waals surface area contributed by atoms with Crippen LogP contribution in [0, 0.1) is 5.82 Å². The number of benzene rings is 1. The molecule has 0 radical (unpaired) electrons. The molecule has 2 aliphatic heterocycles. The summed E-state index contributed by atoms with van der Waals surface area (Å²) in [6.07, 6.45) is 3.32. The van der Waals surface area contributed by atoms with Crippen LogP contribution in [0.4, 0.5) is 18.9 Å². The number of nitrogens with one attached hydrogen (secondary N) is 1. The molecule has 5 rings (SSSR count). The van der Waals surface area contributed by atoms with Crippen LogP contribution in [-0.2, 0) is 15.0 Å². The Morgan fingerprint density at radius 3 is 2.73 bits per heavy atom. The van der Waals surface area contributed by atoms with E-state index in [4.69, 9.17) is 14.2 Å². The first-order valence-electron chi connectivity index (χ1n) is 10.4. The maximum atomic E-state index is 15.6. The normalized spacial score (nSPS) is 27.2. The SMILES string of the molecule is CC1=N[C@@]2(c3cc(NC(=O)c4cnc(OCC5(F)CC5)cn4)ccc3F)COC[C@@]2(F)CO1. The molecule has 2 atom stereocenters. The number of nitrogens with zero attached hydrogens (tertiary/aromatic N) is 3. The van der Waals surface area contributed by atoms with E-state index < -0.39 is 28.6 Å². The molecule has 1 aliphatic carbocycles. The number of aliphatic imine (C=N–C) groups is 1. The van der Waals surface area contributed by atoms with Crippen molar-refractivity contribution in [2.75, 3.05) is 31.7 Å². The Labute approximate surface area is 187 Å². The van der Waals surface area contributed by atoms with Crippen LogP contribution >= 0.6 is 0 Å². The van der Waals surface area contributed by atoms with Gasteiger partial charge in [0.2, 0.25) is 5.88 Å². The van der Waals surface area contributed by atoms with Crippen molar-refractivity contribution in [2.45, 2.75) is 36.6 Å². The molecule has 1 aromatic heterocycles. The van der Waals surface area contributed by atoms with Gasteiger partial charge >= 0.3 is 0 Å². The number of hydrogen-bond acceptors (Lipinski definition) is 7. The number of rotatable bonds is 6. The van der Waals surface area contributed by atoms with Crippen LogP contribution in [-0.4, -0.2) is 59.5 Å². The van der Waals surface area contributed by atoms with E-state index in [2.05, 4.69) is 20.3 Å². The molecule has 1 saturated heterocycles. The van der Waals surface area contributed by atoms with Crippen molar-refractivity contribution in [2.24, 2.45) is 4.99 Å². The molecule has 8 nitrogen and oxygen atoms in total. The summed E-state index contributed by atoms with van der Waals surface area (Å²) in [6, 6.07) is 3.81. The van der Waals surface area contributed by atoms with Gasteiger partial charge in [0.05, 0.1) is 25.6 Å². The minimum atomic E-state index is -2.05. The van der Waals surface area contributed by atoms with E-state index in [-0.39, 0.29) is 55.2 Å². The van der Waals surface area contributed by atoms with E-state index in [0.717, 1.165) is 6.07 Å². The van der Waals surface area contributed by atoms with Gasteiger partial charge in [-0.15, -0.1) is 0 Å². The van der Waals surface area contributed by atoms with E-state index >= 15 is 4.39 Å². The number of aromatic nitrogens is 2. The molecule has 0 unspecified atom stereocenters. The second-order valence-electron chi connectivity index (χ2n) is 8.57. The van der Waals surface area contributed by atoms with E-state index in [1.54, 1.807) is 6.92 Å². The molecule has 1 N–H and O–H groups in total. The van der Waals surface area contributed by atoms with Gasteiger partial charge in [-0.25, -0.2) is 28.1 Å². The lowest BCUT2D eigenvalue weighted by Gasteiger charge is -2.39. The Morgan fingerprint density at radius 2 is 2.00 bits per heavy atom. The summed E-state index contributed by atoms with van der Waals surface area (Å²) in [6.45, 7) is 0.693. The Kier molecular flexibility index (Phi) is 5.04. The van der Waals surface area contributed by atoms with Crippen LogP contribution in [0.25, 0.3) is 0 Å². The third-order valence-corrected chi connectivity index (χ3v) is 6.04. The zero-order chi connectivity index (χ0) is 23.3. The fourth-order valence-electron chi connectivity index (χ4n) is 3.91. The van der Waals surface area contributed by atoms with Crippen LogP contribution in [0.1, 0.15) is 35.8 Å². The Morgan fingerprint density at radius 1 is 1.18 bits per heavy atom. The molecule has 2 fully saturated rings. The topological polar surface area (TPSA) is 94.9 Å². The van der Waals surface area contributed by atoms with Gasteiger partial charge in [-0.3, -0.25) is 4.79 Å². The maximum absolute atomic E-state index is 15.6. The van der Waals surface area contributed by atoms with Crippen LogP contribution in [0.15, 0.2) is 35.6 Å². The first-order chi connectivity index (χ1) is 15.7. The number of alkyl halides is 2. The van der Waals surface area contributed by atoms with E-state index in [0.29, 0.717) is 12.8 Å². The van der Waals surface area contributed by atoms with Crippen LogP contribution in [0.3, 0.4) is 0 Å². The van der Waals surface area contributed by atoms with Gasteiger partial charge < -0.3 is 19.5 Å². The molecule has 3 aliphatic rings. The molecule has 1 saturated carbocycles. The molecule has 11 heteroatoms. The zero-order valence-electron chi connectivity index (χ0n) is 17.7. The molecule has 0 spiro atoms. The first kappa shape index (κ1) is 21.6. The predicted molar refractivity (Wildman–Crippen MR) is 110 cm³/mol. The summed E-state index contributed by atoms with van der Waals surface area (Å²) in [5, 5.41) is 2.60. The molecular weight excluding hydrogens is 441 g/mol. The number of halogens is 3. The quantitative estimate of drug-likeness (QED) is 0.709. The number of amides is 1. The largest absolute Gasteiger partial charge is 0.478 e. The highest BCUT2D eigenvalue weighted by Gasteiger charge is 2.62. The van der Waals surface area contributed by atoms with Gasteiger partial charge in [0.15, 0.2) is 17.1 Å². The lowest BCUT2D eigenvalue weighted by atomic mass is 9.78. The third-order valence-electron chi connectivity index (χ3n) is 6.04. The third kappa shape index (κ3) is 3.90. The summed E-state index contributed by atoms with van der Waals surface area (Å²) in [5.41, 5.74) is -4.82. The summed E-state index contributed by atoms with van der Waals surface area (Å²) in [7, 11) is 0. The fourth-order valence-corrected chi connectivity index (χ4v) is 3.91. The number of fused-ring (bicyclic) bond motifs is 1. The first-order valence-corrected chi connectivity index (χ1v) is 10.4. The van der Waals surface area contributed by atoms with E-state index in [1.807, 2.05) is 0 Å². The fraction of sp³-hybridized carbons (Fsp3) is 0.455. The van der Waals surface area contributed by atoms with Gasteiger partial charge in [0.25, 0.3) is 5.91 Å². The van der Waals surface area contributed by atoms with Crippen molar-refractivity contribution >= 4 is 17.5 Å².